The molecular formula is C62H69F2N9O8. The summed E-state index contributed by atoms with van der Waals surface area (Å²) >= 11 is 0. The van der Waals surface area contributed by atoms with Gasteiger partial charge in [-0.25, -0.2) is 23.5 Å². The number of carbonyl (C=O) groups is 1. The molecule has 8 aromatic rings. The van der Waals surface area contributed by atoms with Gasteiger partial charge in [-0.15, -0.1) is 0 Å². The smallest absolute Gasteiger partial charge is 0.412 e. The van der Waals surface area contributed by atoms with Crippen LogP contribution >= 0.6 is 0 Å². The number of fused-ring (bicyclic) bond motifs is 4. The predicted octanol–water partition coefficient (Wildman–Crippen LogP) is 9.98. The molecule has 8 heterocycles. The number of aliphatic hydroxyl groups excluding tert-OH is 1. The van der Waals surface area contributed by atoms with E-state index in [4.69, 9.17) is 23.5 Å². The van der Waals surface area contributed by atoms with E-state index < -0.39 is 18.3 Å². The summed E-state index contributed by atoms with van der Waals surface area (Å²) in [5.74, 6) is 0.998. The number of benzene rings is 4. The molecule has 0 spiro atoms. The van der Waals surface area contributed by atoms with Gasteiger partial charge in [0.2, 0.25) is 0 Å². The van der Waals surface area contributed by atoms with Crippen molar-refractivity contribution in [1.82, 2.24) is 44.1 Å². The number of likely N-dealkylation sites (tertiary alicyclic amines) is 2. The maximum Gasteiger partial charge on any atom is 0.412 e. The summed E-state index contributed by atoms with van der Waals surface area (Å²) in [6, 6.07) is 28.8. The average Bonchev–Trinajstić information content (AvgIpc) is 4.13. The minimum Gasteiger partial charge on any atom is -0.422 e. The molecule has 0 radical (unpaired) electrons. The van der Waals surface area contributed by atoms with Crippen LogP contribution in [0.1, 0.15) is 132 Å². The van der Waals surface area contributed by atoms with Crippen molar-refractivity contribution in [1.29, 1.82) is 0 Å². The maximum atomic E-state index is 13.7. The third-order valence-corrected chi connectivity index (χ3v) is 16.7. The van der Waals surface area contributed by atoms with E-state index in [1.165, 1.54) is 24.3 Å². The lowest BCUT2D eigenvalue weighted by molar-refractivity contribution is -0.0788. The Morgan fingerprint density at radius 1 is 0.630 bits per heavy atom. The minimum atomic E-state index is -0.641. The van der Waals surface area contributed by atoms with Crippen molar-refractivity contribution < 1.29 is 37.2 Å². The fourth-order valence-electron chi connectivity index (χ4n) is 12.1. The molecule has 1 N–H and O–H groups in total. The molecule has 19 heteroatoms. The molecule has 1 amide bonds. The van der Waals surface area contributed by atoms with Gasteiger partial charge in [-0.05, 0) is 140 Å². The van der Waals surface area contributed by atoms with Crippen LogP contribution in [0.15, 0.2) is 116 Å². The SMILES string of the molecule is Cc1nc2n(c(=O)c1CCN1CCC(c3noc4cc(F)ccc34)CC1)CCCC2O.Cc1nc2n(c(=O)c1CCN1CCC(c3noc4cc(F)ccc34)CC1)CCCC2OCOC(=O)N(Cc1ccccc1)Cc1ccccc1. The van der Waals surface area contributed by atoms with Crippen LogP contribution in [0.5, 0.6) is 0 Å². The number of hydrogen-bond acceptors (Lipinski definition) is 14. The highest BCUT2D eigenvalue weighted by molar-refractivity contribution is 5.80. The highest BCUT2D eigenvalue weighted by Gasteiger charge is 2.31. The zero-order valence-electron chi connectivity index (χ0n) is 46.0. The van der Waals surface area contributed by atoms with Crippen molar-refractivity contribution in [3.05, 3.63) is 186 Å². The molecular weight excluding hydrogens is 1040 g/mol. The van der Waals surface area contributed by atoms with Gasteiger partial charge in [-0.2, -0.15) is 0 Å². The van der Waals surface area contributed by atoms with Gasteiger partial charge in [0.05, 0.1) is 11.4 Å². The summed E-state index contributed by atoms with van der Waals surface area (Å²) in [5.41, 5.74) is 7.70. The summed E-state index contributed by atoms with van der Waals surface area (Å²) in [7, 11) is 0. The second-order valence-electron chi connectivity index (χ2n) is 21.9. The van der Waals surface area contributed by atoms with E-state index >= 15 is 0 Å². The van der Waals surface area contributed by atoms with E-state index in [1.807, 2.05) is 74.5 Å². The summed E-state index contributed by atoms with van der Waals surface area (Å²) in [5, 5.41) is 20.4. The lowest BCUT2D eigenvalue weighted by atomic mass is 9.91. The highest BCUT2D eigenvalue weighted by Crippen LogP contribution is 2.35. The van der Waals surface area contributed by atoms with Crippen LogP contribution in [0.25, 0.3) is 21.9 Å². The molecule has 0 saturated carbocycles. The van der Waals surface area contributed by atoms with E-state index in [0.717, 1.165) is 128 Å². The first-order chi connectivity index (χ1) is 39.4. The van der Waals surface area contributed by atoms with Crippen LogP contribution in [0.3, 0.4) is 0 Å². The first-order valence-electron chi connectivity index (χ1n) is 28.5. The molecule has 4 aliphatic rings. The molecule has 4 aromatic carbocycles. The van der Waals surface area contributed by atoms with Gasteiger partial charge in [0.15, 0.2) is 18.0 Å². The first-order valence-corrected chi connectivity index (χ1v) is 28.5. The normalized spacial score (nSPS) is 18.1. The van der Waals surface area contributed by atoms with Crippen LogP contribution in [-0.2, 0) is 48.5 Å². The van der Waals surface area contributed by atoms with Crippen LogP contribution < -0.4 is 11.1 Å². The average molecular weight is 1110 g/mol. The van der Waals surface area contributed by atoms with Crippen LogP contribution in [0.2, 0.25) is 0 Å². The van der Waals surface area contributed by atoms with Crippen molar-refractivity contribution in [3.63, 3.8) is 0 Å². The van der Waals surface area contributed by atoms with Crippen molar-refractivity contribution in [2.24, 2.45) is 0 Å². The number of piperidine rings is 2. The number of nitrogens with zero attached hydrogens (tertiary/aromatic N) is 9. The zero-order chi connectivity index (χ0) is 56.0. The molecule has 81 heavy (non-hydrogen) atoms. The van der Waals surface area contributed by atoms with E-state index in [2.05, 4.69) is 25.1 Å². The number of hydrogen-bond donors (Lipinski definition) is 1. The van der Waals surface area contributed by atoms with Gasteiger partial charge in [0.1, 0.15) is 35.5 Å². The number of halogens is 2. The molecule has 17 nitrogen and oxygen atoms in total. The Balaban J connectivity index is 0.000000190. The van der Waals surface area contributed by atoms with Crippen LogP contribution in [0, 0.1) is 25.5 Å². The number of aromatic nitrogens is 6. The van der Waals surface area contributed by atoms with Gasteiger partial charge >= 0.3 is 6.09 Å². The largest absolute Gasteiger partial charge is 0.422 e. The molecule has 2 saturated heterocycles. The van der Waals surface area contributed by atoms with Gasteiger partial charge in [-0.3, -0.25) is 23.6 Å². The standard InChI is InChI=1S/C39H42FN5O5.C23H27FN4O3/c1-27-32(18-22-43-20-16-30(17-21-43)36-33-15-14-31(40)23-35(33)50-42-36)38(46)45-19-8-13-34(37(45)41-27)48-26-49-39(47)44(24-28-9-4-2-5-10-28)25-29-11-6-3-7-12-29;1-14-17(23(30)28-9-2-3-19(29)22(28)25-14)8-12-27-10-6-15(7-11-27)21-18-5-4-16(24)13-20(18)31-26-21/h2-7,9-12,14-15,23,30,34H,8,13,16-22,24-26H2,1H3;4-5,13,15,19,29H,2-3,6-12H2,1H3. The van der Waals surface area contributed by atoms with Gasteiger partial charge in [0, 0.05) is 96.5 Å². The lowest BCUT2D eigenvalue weighted by Crippen LogP contribution is -2.38. The minimum absolute atomic E-state index is 0.00237. The molecule has 2 unspecified atom stereocenters. The number of carbonyl (C=O) groups excluding carboxylic acids is 1. The van der Waals surface area contributed by atoms with Crippen LogP contribution in [0.4, 0.5) is 13.6 Å². The van der Waals surface area contributed by atoms with Crippen molar-refractivity contribution >= 4 is 28.0 Å². The number of ether oxygens (including phenoxy) is 2. The summed E-state index contributed by atoms with van der Waals surface area (Å²) < 4.78 is 52.8. The Morgan fingerprint density at radius 2 is 1.10 bits per heavy atom. The molecule has 0 aliphatic carbocycles. The summed E-state index contributed by atoms with van der Waals surface area (Å²) in [4.78, 5) is 55.8. The third-order valence-electron chi connectivity index (χ3n) is 16.7. The Morgan fingerprint density at radius 3 is 1.60 bits per heavy atom. The molecule has 4 aromatic heterocycles. The third kappa shape index (κ3) is 12.7. The van der Waals surface area contributed by atoms with E-state index in [1.54, 1.807) is 26.2 Å². The molecule has 424 valence electrons. The van der Waals surface area contributed by atoms with Gasteiger partial charge in [-0.1, -0.05) is 71.0 Å². The van der Waals surface area contributed by atoms with Gasteiger partial charge < -0.3 is 33.4 Å². The number of rotatable bonds is 15. The zero-order valence-corrected chi connectivity index (χ0v) is 46.0. The van der Waals surface area contributed by atoms with Crippen LogP contribution in [-0.4, -0.2) is 101 Å². The Kier molecular flexibility index (Phi) is 17.2. The van der Waals surface area contributed by atoms with E-state index in [0.29, 0.717) is 86.3 Å². The predicted molar refractivity (Wildman–Crippen MR) is 299 cm³/mol. The quantitative estimate of drug-likeness (QED) is 0.0956. The maximum absolute atomic E-state index is 13.7. The Labute approximate surface area is 468 Å². The second-order valence-corrected chi connectivity index (χ2v) is 21.9. The number of aliphatic hydroxyl groups is 1. The van der Waals surface area contributed by atoms with Crippen molar-refractivity contribution in [2.75, 3.05) is 46.1 Å². The highest BCUT2D eigenvalue weighted by atomic mass is 19.1. The number of aryl methyl sites for hydroxylation is 2. The van der Waals surface area contributed by atoms with Crippen molar-refractivity contribution in [3.8, 4) is 0 Å². The van der Waals surface area contributed by atoms with Crippen molar-refractivity contribution in [2.45, 2.75) is 128 Å². The topological polar surface area (TPSA) is 187 Å². The number of amides is 1. The second kappa shape index (κ2) is 25.1. The van der Waals surface area contributed by atoms with E-state index in [9.17, 15) is 28.3 Å². The monoisotopic (exact) mass is 1110 g/mol. The Bertz CT molecular complexity index is 3550. The van der Waals surface area contributed by atoms with Gasteiger partial charge in [0.25, 0.3) is 11.1 Å². The summed E-state index contributed by atoms with van der Waals surface area (Å²) in [6.45, 7) is 10.7. The fourth-order valence-corrected chi connectivity index (χ4v) is 12.1. The first kappa shape index (κ1) is 55.5. The fraction of sp³-hybridized carbons (Fsp3) is 0.435. The Hall–Kier alpha value is -7.45. The lowest BCUT2D eigenvalue weighted by Gasteiger charge is -2.31. The van der Waals surface area contributed by atoms with E-state index in [-0.39, 0.29) is 35.5 Å². The summed E-state index contributed by atoms with van der Waals surface area (Å²) in [6.07, 6.45) is 6.35. The molecule has 4 aliphatic heterocycles. The molecule has 0 bridgehead atoms. The molecule has 2 fully saturated rings. The molecule has 12 rings (SSSR count). The molecule has 2 atom stereocenters.